The third-order valence-electron chi connectivity index (χ3n) is 5.22. The van der Waals surface area contributed by atoms with Crippen molar-refractivity contribution in [3.05, 3.63) is 29.3 Å². The Kier molecular flexibility index (Phi) is 4.04. The number of benzene rings is 1. The van der Waals surface area contributed by atoms with E-state index in [9.17, 15) is 9.59 Å². The Hall–Kier alpha value is -2.04. The van der Waals surface area contributed by atoms with Gasteiger partial charge in [0.25, 0.3) is 5.91 Å². The van der Waals surface area contributed by atoms with Gasteiger partial charge in [0, 0.05) is 25.7 Å². The van der Waals surface area contributed by atoms with E-state index in [2.05, 4.69) is 0 Å². The molecule has 2 heterocycles. The molecule has 0 saturated carbocycles. The average Bonchev–Trinajstić information content (AvgIpc) is 2.97. The topological polar surface area (TPSA) is 49.9 Å². The molecule has 3 rings (SSSR count). The van der Waals surface area contributed by atoms with Gasteiger partial charge in [0.15, 0.2) is 0 Å². The second-order valence-electron chi connectivity index (χ2n) is 6.61. The van der Waals surface area contributed by atoms with E-state index < -0.39 is 5.54 Å². The third-order valence-corrected chi connectivity index (χ3v) is 5.22. The fraction of sp³-hybridized carbons (Fsp3) is 0.556. The summed E-state index contributed by atoms with van der Waals surface area (Å²) in [4.78, 5) is 29.4. The highest BCUT2D eigenvalue weighted by Crippen LogP contribution is 2.39. The normalized spacial score (nSPS) is 24.4. The van der Waals surface area contributed by atoms with Gasteiger partial charge in [-0.2, -0.15) is 0 Å². The summed E-state index contributed by atoms with van der Waals surface area (Å²) in [5, 5.41) is 0. The zero-order valence-corrected chi connectivity index (χ0v) is 14.1. The minimum absolute atomic E-state index is 0.0653. The highest BCUT2D eigenvalue weighted by Gasteiger charge is 2.52. The van der Waals surface area contributed by atoms with Gasteiger partial charge in [-0.25, -0.2) is 0 Å². The molecule has 0 N–H and O–H groups in total. The van der Waals surface area contributed by atoms with E-state index in [1.165, 1.54) is 0 Å². The number of ether oxygens (including phenoxy) is 1. The Morgan fingerprint density at radius 3 is 2.61 bits per heavy atom. The van der Waals surface area contributed by atoms with E-state index in [0.717, 1.165) is 37.8 Å². The van der Waals surface area contributed by atoms with E-state index >= 15 is 0 Å². The predicted octanol–water partition coefficient (Wildman–Crippen LogP) is 2.23. The summed E-state index contributed by atoms with van der Waals surface area (Å²) in [6, 6.07) is 5.49. The summed E-state index contributed by atoms with van der Waals surface area (Å²) in [7, 11) is 3.44. The maximum atomic E-state index is 13.1. The number of piperidine rings is 1. The number of likely N-dealkylation sites (tertiary alicyclic amines) is 2. The maximum absolute atomic E-state index is 13.1. The second-order valence-corrected chi connectivity index (χ2v) is 6.61. The van der Waals surface area contributed by atoms with Gasteiger partial charge >= 0.3 is 0 Å². The van der Waals surface area contributed by atoms with Crippen molar-refractivity contribution < 1.29 is 14.3 Å². The number of rotatable bonds is 2. The molecule has 1 aromatic carbocycles. The van der Waals surface area contributed by atoms with E-state index in [1.807, 2.05) is 26.1 Å². The number of likely N-dealkylation sites (N-methyl/N-ethyl adjacent to an activating group) is 1. The van der Waals surface area contributed by atoms with Crippen LogP contribution in [0.15, 0.2) is 18.2 Å². The Balaban J connectivity index is 1.93. The number of amides is 2. The molecule has 1 aromatic rings. The van der Waals surface area contributed by atoms with E-state index in [0.29, 0.717) is 17.9 Å². The van der Waals surface area contributed by atoms with Gasteiger partial charge in [0.1, 0.15) is 11.3 Å². The van der Waals surface area contributed by atoms with Crippen LogP contribution in [0, 0.1) is 6.92 Å². The number of aryl methyl sites for hydroxylation is 1. The first-order valence-corrected chi connectivity index (χ1v) is 8.22. The number of carbonyl (C=O) groups is 2. The molecule has 0 bridgehead atoms. The maximum Gasteiger partial charge on any atom is 0.254 e. The van der Waals surface area contributed by atoms with Crippen LogP contribution in [-0.2, 0) is 4.79 Å². The van der Waals surface area contributed by atoms with Gasteiger partial charge in [-0.1, -0.05) is 6.07 Å². The lowest BCUT2D eigenvalue weighted by molar-refractivity contribution is -0.144. The monoisotopic (exact) mass is 316 g/mol. The van der Waals surface area contributed by atoms with Crippen molar-refractivity contribution in [2.75, 3.05) is 27.2 Å². The lowest BCUT2D eigenvalue weighted by Crippen LogP contribution is -2.60. The molecule has 2 aliphatic rings. The molecule has 5 nitrogen and oxygen atoms in total. The smallest absolute Gasteiger partial charge is 0.254 e. The molecular weight excluding hydrogens is 292 g/mol. The molecule has 2 aliphatic heterocycles. The highest BCUT2D eigenvalue weighted by molar-refractivity contribution is 6.00. The van der Waals surface area contributed by atoms with Crippen molar-refractivity contribution in [3.8, 4) is 5.75 Å². The third kappa shape index (κ3) is 2.48. The van der Waals surface area contributed by atoms with E-state index in [4.69, 9.17) is 4.74 Å². The average molecular weight is 316 g/mol. The molecule has 1 atom stereocenters. The van der Waals surface area contributed by atoms with E-state index in [1.54, 1.807) is 23.0 Å². The van der Waals surface area contributed by atoms with Gasteiger partial charge in [0.2, 0.25) is 5.91 Å². The number of carbonyl (C=O) groups excluding carboxylic acids is 2. The van der Waals surface area contributed by atoms with Crippen LogP contribution in [0.4, 0.5) is 0 Å². The largest absolute Gasteiger partial charge is 0.496 e. The lowest BCUT2D eigenvalue weighted by Gasteiger charge is -2.43. The molecular formula is C18H24N2O3. The standard InChI is InChI=1S/C18H24N2O3/c1-13-6-7-14(12-15(13)23-3)16(21)20-11-5-9-18(20)8-4-10-19(2)17(18)22/h6-7,12H,4-5,8-11H2,1-3H3. The van der Waals surface area contributed by atoms with Crippen LogP contribution in [0.1, 0.15) is 41.6 Å². The van der Waals surface area contributed by atoms with Crippen molar-refractivity contribution in [2.24, 2.45) is 0 Å². The molecule has 23 heavy (non-hydrogen) atoms. The van der Waals surface area contributed by atoms with Crippen LogP contribution in [0.3, 0.4) is 0 Å². The van der Waals surface area contributed by atoms with Crippen molar-refractivity contribution in [2.45, 2.75) is 38.1 Å². The number of hydrogen-bond acceptors (Lipinski definition) is 3. The molecule has 124 valence electrons. The van der Waals surface area contributed by atoms with Crippen LogP contribution in [0.25, 0.3) is 0 Å². The Morgan fingerprint density at radius 1 is 1.22 bits per heavy atom. The molecule has 1 unspecified atom stereocenters. The number of hydrogen-bond donors (Lipinski definition) is 0. The fourth-order valence-electron chi connectivity index (χ4n) is 3.94. The number of methoxy groups -OCH3 is 1. The first-order chi connectivity index (χ1) is 11.0. The summed E-state index contributed by atoms with van der Waals surface area (Å²) in [5.41, 5.74) is 0.950. The summed E-state index contributed by atoms with van der Waals surface area (Å²) >= 11 is 0. The van der Waals surface area contributed by atoms with Crippen LogP contribution in [0.2, 0.25) is 0 Å². The lowest BCUT2D eigenvalue weighted by atomic mass is 9.85. The fourth-order valence-corrected chi connectivity index (χ4v) is 3.94. The van der Waals surface area contributed by atoms with Gasteiger partial charge in [-0.15, -0.1) is 0 Å². The van der Waals surface area contributed by atoms with Crippen LogP contribution in [-0.4, -0.2) is 54.4 Å². The Labute approximate surface area is 137 Å². The molecule has 2 fully saturated rings. The minimum Gasteiger partial charge on any atom is -0.496 e. The number of nitrogens with zero attached hydrogens (tertiary/aromatic N) is 2. The van der Waals surface area contributed by atoms with Crippen molar-refractivity contribution >= 4 is 11.8 Å². The van der Waals surface area contributed by atoms with Crippen LogP contribution >= 0.6 is 0 Å². The molecule has 0 aromatic heterocycles. The molecule has 2 amide bonds. The molecule has 1 spiro atoms. The highest BCUT2D eigenvalue weighted by atomic mass is 16.5. The SMILES string of the molecule is COc1cc(C(=O)N2CCCC23CCCN(C)C3=O)ccc1C. The second kappa shape index (κ2) is 5.87. The Morgan fingerprint density at radius 2 is 1.91 bits per heavy atom. The first-order valence-electron chi connectivity index (χ1n) is 8.22. The molecule has 2 saturated heterocycles. The zero-order chi connectivity index (χ0) is 16.6. The molecule has 0 aliphatic carbocycles. The van der Waals surface area contributed by atoms with Gasteiger partial charge in [0.05, 0.1) is 7.11 Å². The summed E-state index contributed by atoms with van der Waals surface area (Å²) in [6.07, 6.45) is 3.37. The Bertz CT molecular complexity index is 643. The summed E-state index contributed by atoms with van der Waals surface area (Å²) < 4.78 is 5.33. The van der Waals surface area contributed by atoms with Crippen LogP contribution in [0.5, 0.6) is 5.75 Å². The zero-order valence-electron chi connectivity index (χ0n) is 14.1. The minimum atomic E-state index is -0.637. The van der Waals surface area contributed by atoms with E-state index in [-0.39, 0.29) is 11.8 Å². The van der Waals surface area contributed by atoms with Crippen LogP contribution < -0.4 is 4.74 Å². The summed E-state index contributed by atoms with van der Waals surface area (Å²) in [5.74, 6) is 0.731. The summed E-state index contributed by atoms with van der Waals surface area (Å²) in [6.45, 7) is 3.37. The van der Waals surface area contributed by atoms with Crippen molar-refractivity contribution in [3.63, 3.8) is 0 Å². The van der Waals surface area contributed by atoms with Gasteiger partial charge in [-0.05, 0) is 50.3 Å². The van der Waals surface area contributed by atoms with Gasteiger partial charge < -0.3 is 14.5 Å². The van der Waals surface area contributed by atoms with Gasteiger partial charge in [-0.3, -0.25) is 9.59 Å². The predicted molar refractivity (Wildman–Crippen MR) is 87.6 cm³/mol. The molecule has 5 heteroatoms. The first kappa shape index (κ1) is 15.8. The quantitative estimate of drug-likeness (QED) is 0.841. The molecule has 0 radical (unpaired) electrons. The van der Waals surface area contributed by atoms with Crippen molar-refractivity contribution in [1.29, 1.82) is 0 Å². The van der Waals surface area contributed by atoms with Crippen molar-refractivity contribution in [1.82, 2.24) is 9.80 Å².